The number of benzene rings is 1. The first-order valence-electron chi connectivity index (χ1n) is 6.57. The number of amides is 1. The highest BCUT2D eigenvalue weighted by atomic mass is 16.1. The lowest BCUT2D eigenvalue weighted by atomic mass is 10.2. The molecule has 0 spiro atoms. The number of anilines is 1. The molecule has 0 saturated carbocycles. The Morgan fingerprint density at radius 3 is 2.57 bits per heavy atom. The van der Waals surface area contributed by atoms with E-state index in [4.69, 9.17) is 0 Å². The van der Waals surface area contributed by atoms with Crippen LogP contribution in [0.4, 0.5) is 5.69 Å². The van der Waals surface area contributed by atoms with Crippen molar-refractivity contribution in [3.63, 3.8) is 0 Å². The number of hydrogen-bond donors (Lipinski definition) is 1. The Balaban J connectivity index is 1.94. The molecule has 3 rings (SSSR count). The van der Waals surface area contributed by atoms with Crippen molar-refractivity contribution < 1.29 is 4.79 Å². The zero-order chi connectivity index (χ0) is 14.7. The van der Waals surface area contributed by atoms with E-state index in [-0.39, 0.29) is 5.91 Å². The van der Waals surface area contributed by atoms with Crippen LogP contribution in [-0.4, -0.2) is 20.4 Å². The highest BCUT2D eigenvalue weighted by Crippen LogP contribution is 2.19. The molecule has 0 fully saturated rings. The molecule has 0 atom stereocenters. The van der Waals surface area contributed by atoms with Crippen LogP contribution in [0.1, 0.15) is 16.2 Å². The standard InChI is InChI=1S/C16H14N4O/c1-12-17-10-11-20(12)15-14(8-5-9-18-15)19-16(21)13-6-3-2-4-7-13/h2-11H,1H3,(H,19,21). The highest BCUT2D eigenvalue weighted by Gasteiger charge is 2.11. The summed E-state index contributed by atoms with van der Waals surface area (Å²) in [4.78, 5) is 20.8. The average molecular weight is 278 g/mol. The third-order valence-corrected chi connectivity index (χ3v) is 3.12. The lowest BCUT2D eigenvalue weighted by Crippen LogP contribution is -2.14. The fourth-order valence-electron chi connectivity index (χ4n) is 2.07. The lowest BCUT2D eigenvalue weighted by molar-refractivity contribution is 0.102. The van der Waals surface area contributed by atoms with E-state index >= 15 is 0 Å². The number of rotatable bonds is 3. The number of hydrogen-bond acceptors (Lipinski definition) is 3. The van der Waals surface area contributed by atoms with Crippen molar-refractivity contribution in [1.82, 2.24) is 14.5 Å². The van der Waals surface area contributed by atoms with Crippen LogP contribution < -0.4 is 5.32 Å². The van der Waals surface area contributed by atoms with Gasteiger partial charge in [-0.05, 0) is 31.2 Å². The monoisotopic (exact) mass is 278 g/mol. The van der Waals surface area contributed by atoms with Gasteiger partial charge in [0.1, 0.15) is 5.82 Å². The van der Waals surface area contributed by atoms with Gasteiger partial charge < -0.3 is 5.32 Å². The van der Waals surface area contributed by atoms with Crippen LogP contribution in [0.3, 0.4) is 0 Å². The number of aryl methyl sites for hydroxylation is 1. The van der Waals surface area contributed by atoms with Crippen LogP contribution in [0, 0.1) is 6.92 Å². The SMILES string of the molecule is Cc1nccn1-c1ncccc1NC(=O)c1ccccc1. The van der Waals surface area contributed by atoms with Crippen LogP contribution in [0.15, 0.2) is 61.1 Å². The van der Waals surface area contributed by atoms with Gasteiger partial charge in [-0.2, -0.15) is 0 Å². The zero-order valence-corrected chi connectivity index (χ0v) is 11.5. The van der Waals surface area contributed by atoms with Gasteiger partial charge in [0.25, 0.3) is 5.91 Å². The summed E-state index contributed by atoms with van der Waals surface area (Å²) in [6, 6.07) is 12.7. The Bertz CT molecular complexity index is 765. The molecule has 0 saturated heterocycles. The number of carbonyl (C=O) groups is 1. The largest absolute Gasteiger partial charge is 0.319 e. The number of aromatic nitrogens is 3. The summed E-state index contributed by atoms with van der Waals surface area (Å²) >= 11 is 0. The molecule has 0 radical (unpaired) electrons. The fraction of sp³-hybridized carbons (Fsp3) is 0.0625. The fourth-order valence-corrected chi connectivity index (χ4v) is 2.07. The zero-order valence-electron chi connectivity index (χ0n) is 11.5. The van der Waals surface area contributed by atoms with Crippen molar-refractivity contribution in [2.24, 2.45) is 0 Å². The molecule has 0 aliphatic carbocycles. The van der Waals surface area contributed by atoms with E-state index in [1.54, 1.807) is 30.6 Å². The first kappa shape index (κ1) is 13.1. The minimum absolute atomic E-state index is 0.164. The average Bonchev–Trinajstić information content (AvgIpc) is 2.95. The van der Waals surface area contributed by atoms with Crippen molar-refractivity contribution in [2.75, 3.05) is 5.32 Å². The molecule has 1 aromatic carbocycles. The molecule has 2 heterocycles. The predicted octanol–water partition coefficient (Wildman–Crippen LogP) is 2.83. The summed E-state index contributed by atoms with van der Waals surface area (Å²) < 4.78 is 1.83. The maximum Gasteiger partial charge on any atom is 0.255 e. The maximum atomic E-state index is 12.3. The Morgan fingerprint density at radius 1 is 1.05 bits per heavy atom. The van der Waals surface area contributed by atoms with Gasteiger partial charge in [-0.1, -0.05) is 18.2 Å². The van der Waals surface area contributed by atoms with Crippen LogP contribution in [0.5, 0.6) is 0 Å². The van der Waals surface area contributed by atoms with E-state index in [9.17, 15) is 4.79 Å². The summed E-state index contributed by atoms with van der Waals surface area (Å²) in [5.74, 6) is 1.29. The van der Waals surface area contributed by atoms with Crippen LogP contribution in [0.25, 0.3) is 5.82 Å². The first-order chi connectivity index (χ1) is 10.3. The third-order valence-electron chi connectivity index (χ3n) is 3.12. The molecule has 21 heavy (non-hydrogen) atoms. The minimum atomic E-state index is -0.164. The van der Waals surface area contributed by atoms with Gasteiger partial charge >= 0.3 is 0 Å². The van der Waals surface area contributed by atoms with Gasteiger partial charge in [0.15, 0.2) is 5.82 Å². The van der Waals surface area contributed by atoms with E-state index in [1.807, 2.05) is 42.0 Å². The van der Waals surface area contributed by atoms with Gasteiger partial charge in [0.05, 0.1) is 5.69 Å². The lowest BCUT2D eigenvalue weighted by Gasteiger charge is -2.11. The molecule has 104 valence electrons. The summed E-state index contributed by atoms with van der Waals surface area (Å²) in [5, 5.41) is 2.89. The first-order valence-corrected chi connectivity index (χ1v) is 6.57. The Hall–Kier alpha value is -2.95. The van der Waals surface area contributed by atoms with Gasteiger partial charge in [-0.15, -0.1) is 0 Å². The van der Waals surface area contributed by atoms with Crippen LogP contribution >= 0.6 is 0 Å². The van der Waals surface area contributed by atoms with Gasteiger partial charge in [0, 0.05) is 24.2 Å². The molecule has 5 nitrogen and oxygen atoms in total. The Kier molecular flexibility index (Phi) is 3.47. The van der Waals surface area contributed by atoms with Crippen LogP contribution in [0.2, 0.25) is 0 Å². The smallest absolute Gasteiger partial charge is 0.255 e. The van der Waals surface area contributed by atoms with E-state index in [0.29, 0.717) is 17.1 Å². The molecule has 2 aromatic heterocycles. The van der Waals surface area contributed by atoms with Crippen LogP contribution in [-0.2, 0) is 0 Å². The molecule has 3 aromatic rings. The summed E-state index contributed by atoms with van der Waals surface area (Å²) in [7, 11) is 0. The van der Waals surface area contributed by atoms with Crippen molar-refractivity contribution in [3.05, 3.63) is 72.4 Å². The van der Waals surface area contributed by atoms with Gasteiger partial charge in [-0.25, -0.2) is 9.97 Å². The molecular formula is C16H14N4O. The Labute approximate surface area is 122 Å². The second-order valence-corrected chi connectivity index (χ2v) is 4.54. The Morgan fingerprint density at radius 2 is 1.86 bits per heavy atom. The molecule has 5 heteroatoms. The molecule has 0 aliphatic rings. The number of nitrogens with zero attached hydrogens (tertiary/aromatic N) is 3. The molecule has 0 bridgehead atoms. The van der Waals surface area contributed by atoms with Crippen molar-refractivity contribution in [1.29, 1.82) is 0 Å². The van der Waals surface area contributed by atoms with Gasteiger partial charge in [-0.3, -0.25) is 9.36 Å². The number of imidazole rings is 1. The molecule has 0 aliphatic heterocycles. The molecule has 1 amide bonds. The normalized spacial score (nSPS) is 10.3. The number of carbonyl (C=O) groups excluding carboxylic acids is 1. The summed E-state index contributed by atoms with van der Waals surface area (Å²) in [5.41, 5.74) is 1.25. The minimum Gasteiger partial charge on any atom is -0.319 e. The predicted molar refractivity (Wildman–Crippen MR) is 80.5 cm³/mol. The van der Waals surface area contributed by atoms with E-state index < -0.39 is 0 Å². The maximum absolute atomic E-state index is 12.3. The van der Waals surface area contributed by atoms with Gasteiger partial charge in [0.2, 0.25) is 0 Å². The molecular weight excluding hydrogens is 264 g/mol. The second kappa shape index (κ2) is 5.58. The van der Waals surface area contributed by atoms with E-state index in [2.05, 4.69) is 15.3 Å². The second-order valence-electron chi connectivity index (χ2n) is 4.54. The van der Waals surface area contributed by atoms with Crippen molar-refractivity contribution >= 4 is 11.6 Å². The van der Waals surface area contributed by atoms with E-state index in [0.717, 1.165) is 5.82 Å². The quantitative estimate of drug-likeness (QED) is 0.801. The van der Waals surface area contributed by atoms with E-state index in [1.165, 1.54) is 0 Å². The van der Waals surface area contributed by atoms with Crippen molar-refractivity contribution in [3.8, 4) is 5.82 Å². The summed E-state index contributed by atoms with van der Waals surface area (Å²) in [6.07, 6.45) is 5.20. The highest BCUT2D eigenvalue weighted by molar-refractivity contribution is 6.05. The number of pyridine rings is 1. The van der Waals surface area contributed by atoms with Crippen molar-refractivity contribution in [2.45, 2.75) is 6.92 Å². The molecule has 1 N–H and O–H groups in total. The summed E-state index contributed by atoms with van der Waals surface area (Å²) in [6.45, 7) is 1.89. The third kappa shape index (κ3) is 2.67. The topological polar surface area (TPSA) is 59.8 Å². The molecule has 0 unspecified atom stereocenters. The number of nitrogens with one attached hydrogen (secondary N) is 1.